The normalized spacial score (nSPS) is 10.2. The van der Waals surface area contributed by atoms with Gasteiger partial charge >= 0.3 is 5.97 Å². The Labute approximate surface area is 120 Å². The van der Waals surface area contributed by atoms with Crippen molar-refractivity contribution in [3.05, 3.63) is 57.3 Å². The van der Waals surface area contributed by atoms with Gasteiger partial charge in [0.15, 0.2) is 0 Å². The fraction of sp³-hybridized carbons (Fsp3) is 0.143. The van der Waals surface area contributed by atoms with Crippen molar-refractivity contribution in [2.24, 2.45) is 0 Å². The summed E-state index contributed by atoms with van der Waals surface area (Å²) in [6.07, 6.45) is 1.40. The SMILES string of the molecule is Cc1ccc(Nc2cc([N+](=O)[O-])c(C)cn2)cc1C(=O)O. The fourth-order valence-corrected chi connectivity index (χ4v) is 1.86. The highest BCUT2D eigenvalue weighted by atomic mass is 16.6. The number of hydrogen-bond acceptors (Lipinski definition) is 5. The molecule has 7 nitrogen and oxygen atoms in total. The van der Waals surface area contributed by atoms with Crippen molar-refractivity contribution >= 4 is 23.2 Å². The third-order valence-corrected chi connectivity index (χ3v) is 3.01. The maximum atomic E-state index is 11.1. The second-order valence-electron chi connectivity index (χ2n) is 4.57. The Balaban J connectivity index is 2.34. The second kappa shape index (κ2) is 5.58. The van der Waals surface area contributed by atoms with Gasteiger partial charge in [-0.05, 0) is 31.5 Å². The van der Waals surface area contributed by atoms with Gasteiger partial charge in [0.2, 0.25) is 0 Å². The minimum atomic E-state index is -1.03. The topological polar surface area (TPSA) is 105 Å². The van der Waals surface area contributed by atoms with E-state index in [0.29, 0.717) is 16.8 Å². The first kappa shape index (κ1) is 14.4. The number of carboxylic acid groups (broad SMARTS) is 1. The van der Waals surface area contributed by atoms with Crippen LogP contribution in [0.2, 0.25) is 0 Å². The molecule has 1 heterocycles. The molecule has 0 fully saturated rings. The number of nitro groups is 1. The van der Waals surface area contributed by atoms with E-state index < -0.39 is 10.9 Å². The van der Waals surface area contributed by atoms with E-state index in [9.17, 15) is 14.9 Å². The molecule has 2 rings (SSSR count). The van der Waals surface area contributed by atoms with E-state index in [1.165, 1.54) is 18.3 Å². The summed E-state index contributed by atoms with van der Waals surface area (Å²) in [6, 6.07) is 6.13. The van der Waals surface area contributed by atoms with Gasteiger partial charge in [0.25, 0.3) is 5.69 Å². The summed E-state index contributed by atoms with van der Waals surface area (Å²) in [5.74, 6) is -0.744. The van der Waals surface area contributed by atoms with Crippen LogP contribution in [0.4, 0.5) is 17.2 Å². The predicted molar refractivity (Wildman–Crippen MR) is 77.0 cm³/mol. The smallest absolute Gasteiger partial charge is 0.336 e. The zero-order valence-corrected chi connectivity index (χ0v) is 11.5. The number of pyridine rings is 1. The molecule has 0 saturated heterocycles. The number of aryl methyl sites for hydroxylation is 2. The van der Waals surface area contributed by atoms with Crippen LogP contribution in [0.15, 0.2) is 30.5 Å². The van der Waals surface area contributed by atoms with E-state index in [-0.39, 0.29) is 17.1 Å². The summed E-state index contributed by atoms with van der Waals surface area (Å²) < 4.78 is 0. The van der Waals surface area contributed by atoms with Crippen LogP contribution in [-0.2, 0) is 0 Å². The van der Waals surface area contributed by atoms with Crippen LogP contribution in [0.3, 0.4) is 0 Å². The summed E-state index contributed by atoms with van der Waals surface area (Å²) in [7, 11) is 0. The van der Waals surface area contributed by atoms with Gasteiger partial charge in [0.05, 0.1) is 16.6 Å². The predicted octanol–water partition coefficient (Wildman–Crippen LogP) is 3.05. The Morgan fingerprint density at radius 1 is 1.29 bits per heavy atom. The number of carbonyl (C=O) groups is 1. The number of hydrogen-bond donors (Lipinski definition) is 2. The molecule has 0 aliphatic heterocycles. The highest BCUT2D eigenvalue weighted by molar-refractivity contribution is 5.90. The Kier molecular flexibility index (Phi) is 3.84. The Morgan fingerprint density at radius 3 is 2.62 bits per heavy atom. The third kappa shape index (κ3) is 3.14. The number of rotatable bonds is 4. The molecule has 0 atom stereocenters. The lowest BCUT2D eigenvalue weighted by Gasteiger charge is -2.08. The van der Waals surface area contributed by atoms with Crippen molar-refractivity contribution in [1.29, 1.82) is 0 Å². The van der Waals surface area contributed by atoms with Crippen molar-refractivity contribution in [3.63, 3.8) is 0 Å². The Morgan fingerprint density at radius 2 is 2.00 bits per heavy atom. The standard InChI is InChI=1S/C14H13N3O4/c1-8-3-4-10(5-11(8)14(18)19)16-13-6-12(17(20)21)9(2)7-15-13/h3-7H,1-2H3,(H,15,16)(H,18,19). The Hall–Kier alpha value is -2.96. The molecule has 2 N–H and O–H groups in total. The maximum Gasteiger partial charge on any atom is 0.336 e. The molecular formula is C14H13N3O4. The second-order valence-corrected chi connectivity index (χ2v) is 4.57. The first-order valence-electron chi connectivity index (χ1n) is 6.10. The molecular weight excluding hydrogens is 274 g/mol. The third-order valence-electron chi connectivity index (χ3n) is 3.01. The number of aromatic carboxylic acids is 1. The highest BCUT2D eigenvalue weighted by Crippen LogP contribution is 2.23. The average Bonchev–Trinajstić information content (AvgIpc) is 2.42. The van der Waals surface area contributed by atoms with E-state index in [1.54, 1.807) is 26.0 Å². The minimum Gasteiger partial charge on any atom is -0.478 e. The molecule has 21 heavy (non-hydrogen) atoms. The van der Waals surface area contributed by atoms with Crippen LogP contribution in [0.25, 0.3) is 0 Å². The van der Waals surface area contributed by atoms with E-state index >= 15 is 0 Å². The van der Waals surface area contributed by atoms with Gasteiger partial charge in [-0.15, -0.1) is 0 Å². The van der Waals surface area contributed by atoms with Crippen molar-refractivity contribution < 1.29 is 14.8 Å². The molecule has 1 aromatic carbocycles. The van der Waals surface area contributed by atoms with Crippen LogP contribution >= 0.6 is 0 Å². The van der Waals surface area contributed by atoms with Gasteiger partial charge in [-0.1, -0.05) is 6.07 Å². The van der Waals surface area contributed by atoms with Gasteiger partial charge in [0, 0.05) is 17.4 Å². The van der Waals surface area contributed by atoms with E-state index in [0.717, 1.165) is 0 Å². The molecule has 0 amide bonds. The van der Waals surface area contributed by atoms with Crippen molar-refractivity contribution in [1.82, 2.24) is 4.98 Å². The van der Waals surface area contributed by atoms with Crippen LogP contribution in [0.5, 0.6) is 0 Å². The number of benzene rings is 1. The first-order chi connectivity index (χ1) is 9.88. The summed E-state index contributed by atoms with van der Waals surface area (Å²) >= 11 is 0. The summed E-state index contributed by atoms with van der Waals surface area (Å²) in [5.41, 5.74) is 1.72. The molecule has 0 unspecified atom stereocenters. The van der Waals surface area contributed by atoms with Gasteiger partial charge < -0.3 is 10.4 Å². The quantitative estimate of drug-likeness (QED) is 0.661. The average molecular weight is 287 g/mol. The van der Waals surface area contributed by atoms with Crippen LogP contribution in [0.1, 0.15) is 21.5 Å². The lowest BCUT2D eigenvalue weighted by atomic mass is 10.1. The van der Waals surface area contributed by atoms with Crippen LogP contribution < -0.4 is 5.32 Å². The largest absolute Gasteiger partial charge is 0.478 e. The van der Waals surface area contributed by atoms with Crippen LogP contribution in [0, 0.1) is 24.0 Å². The molecule has 0 radical (unpaired) electrons. The number of nitrogens with one attached hydrogen (secondary N) is 1. The summed E-state index contributed by atoms with van der Waals surface area (Å²) in [5, 5.41) is 22.8. The first-order valence-corrected chi connectivity index (χ1v) is 6.10. The summed E-state index contributed by atoms with van der Waals surface area (Å²) in [4.78, 5) is 25.5. The molecule has 1 aromatic heterocycles. The molecule has 108 valence electrons. The van der Waals surface area contributed by atoms with E-state index in [2.05, 4.69) is 10.3 Å². The van der Waals surface area contributed by atoms with Gasteiger partial charge in [-0.3, -0.25) is 10.1 Å². The lowest BCUT2D eigenvalue weighted by molar-refractivity contribution is -0.385. The zero-order chi connectivity index (χ0) is 15.6. The van der Waals surface area contributed by atoms with Crippen molar-refractivity contribution in [2.45, 2.75) is 13.8 Å². The zero-order valence-electron chi connectivity index (χ0n) is 11.5. The summed E-state index contributed by atoms with van der Waals surface area (Å²) in [6.45, 7) is 3.30. The molecule has 0 aliphatic carbocycles. The number of carboxylic acids is 1. The van der Waals surface area contributed by atoms with Crippen molar-refractivity contribution in [2.75, 3.05) is 5.32 Å². The molecule has 0 spiro atoms. The van der Waals surface area contributed by atoms with Gasteiger partial charge in [0.1, 0.15) is 5.82 Å². The minimum absolute atomic E-state index is 0.0435. The number of nitrogens with zero attached hydrogens (tertiary/aromatic N) is 2. The van der Waals surface area contributed by atoms with Crippen molar-refractivity contribution in [3.8, 4) is 0 Å². The van der Waals surface area contributed by atoms with Crippen LogP contribution in [-0.4, -0.2) is 21.0 Å². The molecule has 0 saturated carbocycles. The molecule has 0 aliphatic rings. The maximum absolute atomic E-state index is 11.1. The molecule has 7 heteroatoms. The van der Waals surface area contributed by atoms with E-state index in [4.69, 9.17) is 5.11 Å². The van der Waals surface area contributed by atoms with E-state index in [1.807, 2.05) is 0 Å². The monoisotopic (exact) mass is 287 g/mol. The number of aromatic nitrogens is 1. The highest BCUT2D eigenvalue weighted by Gasteiger charge is 2.13. The number of anilines is 2. The Bertz CT molecular complexity index is 667. The van der Waals surface area contributed by atoms with Gasteiger partial charge in [-0.25, -0.2) is 9.78 Å². The molecule has 0 bridgehead atoms. The lowest BCUT2D eigenvalue weighted by Crippen LogP contribution is -2.02. The fourth-order valence-electron chi connectivity index (χ4n) is 1.86. The van der Waals surface area contributed by atoms with Gasteiger partial charge in [-0.2, -0.15) is 0 Å². The molecule has 2 aromatic rings.